The average molecular weight is 336 g/mol. The van der Waals surface area contributed by atoms with Gasteiger partial charge in [0, 0.05) is 29.6 Å². The second kappa shape index (κ2) is 7.00. The Hall–Kier alpha value is -1.95. The standard InChI is InChI=1S/C14H14BrN3O2/c15-12-3-10(6-16-8-12)1-2-18-14(20)5-11-4-13(19)9-17-7-11/h3-4,6-9,19H,1-2,5H2,(H,18,20). The molecule has 2 aromatic heterocycles. The van der Waals surface area contributed by atoms with Crippen molar-refractivity contribution in [1.82, 2.24) is 15.3 Å². The number of pyridine rings is 2. The van der Waals surface area contributed by atoms with Gasteiger partial charge in [-0.3, -0.25) is 14.8 Å². The van der Waals surface area contributed by atoms with Gasteiger partial charge in [-0.1, -0.05) is 0 Å². The van der Waals surface area contributed by atoms with Crippen LogP contribution in [-0.2, 0) is 17.6 Å². The molecule has 5 nitrogen and oxygen atoms in total. The molecule has 0 radical (unpaired) electrons. The molecule has 20 heavy (non-hydrogen) atoms. The zero-order chi connectivity index (χ0) is 14.4. The maximum Gasteiger partial charge on any atom is 0.224 e. The summed E-state index contributed by atoms with van der Waals surface area (Å²) in [6.07, 6.45) is 7.32. The second-order valence-electron chi connectivity index (χ2n) is 4.34. The van der Waals surface area contributed by atoms with Crippen LogP contribution < -0.4 is 5.32 Å². The molecule has 0 atom stereocenters. The quantitative estimate of drug-likeness (QED) is 0.874. The third kappa shape index (κ3) is 4.62. The summed E-state index contributed by atoms with van der Waals surface area (Å²) in [6, 6.07) is 3.50. The minimum Gasteiger partial charge on any atom is -0.506 e. The number of nitrogens with one attached hydrogen (secondary N) is 1. The fourth-order valence-electron chi connectivity index (χ4n) is 1.76. The number of carbonyl (C=O) groups is 1. The van der Waals surface area contributed by atoms with Crippen LogP contribution in [0.1, 0.15) is 11.1 Å². The summed E-state index contributed by atoms with van der Waals surface area (Å²) in [5.41, 5.74) is 1.74. The highest BCUT2D eigenvalue weighted by molar-refractivity contribution is 9.10. The Morgan fingerprint density at radius 3 is 2.65 bits per heavy atom. The minimum absolute atomic E-state index is 0.0653. The molecule has 0 aliphatic rings. The van der Waals surface area contributed by atoms with Crippen LogP contribution >= 0.6 is 15.9 Å². The predicted molar refractivity (Wildman–Crippen MR) is 78.3 cm³/mol. The first-order valence-corrected chi connectivity index (χ1v) is 6.92. The van der Waals surface area contributed by atoms with Crippen LogP contribution in [0.25, 0.3) is 0 Å². The van der Waals surface area contributed by atoms with Gasteiger partial charge in [-0.2, -0.15) is 0 Å². The van der Waals surface area contributed by atoms with Gasteiger partial charge in [0.15, 0.2) is 0 Å². The number of halogens is 1. The van der Waals surface area contributed by atoms with Gasteiger partial charge in [0.25, 0.3) is 0 Å². The molecular formula is C14H14BrN3O2. The van der Waals surface area contributed by atoms with Crippen LogP contribution in [0.4, 0.5) is 0 Å². The number of hydrogen-bond acceptors (Lipinski definition) is 4. The number of nitrogens with zero attached hydrogens (tertiary/aromatic N) is 2. The van der Waals surface area contributed by atoms with E-state index in [0.717, 1.165) is 16.5 Å². The molecule has 0 aliphatic heterocycles. The van der Waals surface area contributed by atoms with Crippen LogP contribution in [0.2, 0.25) is 0 Å². The molecular weight excluding hydrogens is 322 g/mol. The number of aromatic nitrogens is 2. The highest BCUT2D eigenvalue weighted by Crippen LogP contribution is 2.10. The second-order valence-corrected chi connectivity index (χ2v) is 5.26. The van der Waals surface area contributed by atoms with Crippen molar-refractivity contribution in [2.75, 3.05) is 6.54 Å². The van der Waals surface area contributed by atoms with Gasteiger partial charge in [-0.15, -0.1) is 0 Å². The number of rotatable bonds is 5. The Morgan fingerprint density at radius 1 is 1.15 bits per heavy atom. The van der Waals surface area contributed by atoms with Crippen molar-refractivity contribution >= 4 is 21.8 Å². The molecule has 0 unspecified atom stereocenters. The largest absolute Gasteiger partial charge is 0.506 e. The Labute approximate surface area is 125 Å². The number of hydrogen-bond donors (Lipinski definition) is 2. The van der Waals surface area contributed by atoms with Gasteiger partial charge in [0.2, 0.25) is 5.91 Å². The van der Waals surface area contributed by atoms with E-state index in [-0.39, 0.29) is 18.1 Å². The molecule has 2 N–H and O–H groups in total. The van der Waals surface area contributed by atoms with E-state index in [2.05, 4.69) is 31.2 Å². The lowest BCUT2D eigenvalue weighted by Crippen LogP contribution is -2.27. The number of carbonyl (C=O) groups excluding carboxylic acids is 1. The molecule has 0 aromatic carbocycles. The Balaban J connectivity index is 1.78. The molecule has 104 valence electrons. The lowest BCUT2D eigenvalue weighted by Gasteiger charge is -2.05. The summed E-state index contributed by atoms with van der Waals surface area (Å²) >= 11 is 3.35. The van der Waals surface area contributed by atoms with Gasteiger partial charge in [-0.25, -0.2) is 0 Å². The molecule has 1 amide bonds. The lowest BCUT2D eigenvalue weighted by molar-refractivity contribution is -0.120. The van der Waals surface area contributed by atoms with E-state index in [1.54, 1.807) is 18.6 Å². The van der Waals surface area contributed by atoms with Crippen LogP contribution in [0.15, 0.2) is 41.4 Å². The monoisotopic (exact) mass is 335 g/mol. The number of amides is 1. The smallest absolute Gasteiger partial charge is 0.224 e. The third-order valence-electron chi connectivity index (χ3n) is 2.64. The average Bonchev–Trinajstić information content (AvgIpc) is 2.38. The van der Waals surface area contributed by atoms with Crippen molar-refractivity contribution in [2.45, 2.75) is 12.8 Å². The zero-order valence-corrected chi connectivity index (χ0v) is 12.3. The molecule has 0 aliphatic carbocycles. The van der Waals surface area contributed by atoms with Crippen LogP contribution in [0, 0.1) is 0 Å². The summed E-state index contributed by atoms with van der Waals surface area (Å²) < 4.78 is 0.923. The van der Waals surface area contributed by atoms with Crippen LogP contribution in [0.5, 0.6) is 5.75 Å². The highest BCUT2D eigenvalue weighted by Gasteiger charge is 2.04. The first-order chi connectivity index (χ1) is 9.63. The summed E-state index contributed by atoms with van der Waals surface area (Å²) in [5.74, 6) is -0.0316. The van der Waals surface area contributed by atoms with E-state index in [1.807, 2.05) is 6.07 Å². The Morgan fingerprint density at radius 2 is 1.90 bits per heavy atom. The third-order valence-corrected chi connectivity index (χ3v) is 3.08. The maximum atomic E-state index is 11.7. The van der Waals surface area contributed by atoms with Crippen molar-refractivity contribution in [1.29, 1.82) is 0 Å². The van der Waals surface area contributed by atoms with Gasteiger partial charge in [-0.05, 0) is 45.6 Å². The molecule has 6 heteroatoms. The van der Waals surface area contributed by atoms with E-state index in [9.17, 15) is 9.90 Å². The van der Waals surface area contributed by atoms with Crippen LogP contribution in [-0.4, -0.2) is 27.5 Å². The van der Waals surface area contributed by atoms with Crippen molar-refractivity contribution in [3.8, 4) is 5.75 Å². The molecule has 0 fully saturated rings. The molecule has 2 aromatic rings. The van der Waals surface area contributed by atoms with E-state index in [1.165, 1.54) is 12.3 Å². The summed E-state index contributed by atoms with van der Waals surface area (Å²) in [7, 11) is 0. The van der Waals surface area contributed by atoms with Crippen molar-refractivity contribution in [3.63, 3.8) is 0 Å². The zero-order valence-electron chi connectivity index (χ0n) is 10.7. The van der Waals surface area contributed by atoms with Gasteiger partial charge in [0.05, 0.1) is 12.6 Å². The summed E-state index contributed by atoms with van der Waals surface area (Å²) in [6.45, 7) is 0.545. The Bertz CT molecular complexity index is 604. The van der Waals surface area contributed by atoms with Crippen molar-refractivity contribution < 1.29 is 9.90 Å². The van der Waals surface area contributed by atoms with Gasteiger partial charge >= 0.3 is 0 Å². The summed E-state index contributed by atoms with van der Waals surface area (Å²) in [5, 5.41) is 12.1. The SMILES string of the molecule is O=C(Cc1cncc(O)c1)NCCc1cncc(Br)c1. The maximum absolute atomic E-state index is 11.7. The van der Waals surface area contributed by atoms with Gasteiger partial charge < -0.3 is 10.4 Å². The number of aromatic hydroxyl groups is 1. The fraction of sp³-hybridized carbons (Fsp3) is 0.214. The molecule has 0 saturated carbocycles. The van der Waals surface area contributed by atoms with E-state index >= 15 is 0 Å². The van der Waals surface area contributed by atoms with E-state index in [4.69, 9.17) is 0 Å². The predicted octanol–water partition coefficient (Wildman–Crippen LogP) is 1.85. The van der Waals surface area contributed by atoms with E-state index in [0.29, 0.717) is 12.1 Å². The summed E-state index contributed by atoms with van der Waals surface area (Å²) in [4.78, 5) is 19.6. The van der Waals surface area contributed by atoms with E-state index < -0.39 is 0 Å². The lowest BCUT2D eigenvalue weighted by atomic mass is 10.2. The molecule has 2 heterocycles. The molecule has 2 rings (SSSR count). The first kappa shape index (κ1) is 14.5. The normalized spacial score (nSPS) is 10.2. The van der Waals surface area contributed by atoms with Crippen molar-refractivity contribution in [2.24, 2.45) is 0 Å². The van der Waals surface area contributed by atoms with Gasteiger partial charge in [0.1, 0.15) is 5.75 Å². The molecule has 0 saturated heterocycles. The molecule has 0 spiro atoms. The molecule has 0 bridgehead atoms. The fourth-order valence-corrected chi connectivity index (χ4v) is 2.17. The van der Waals surface area contributed by atoms with Crippen molar-refractivity contribution in [3.05, 3.63) is 52.5 Å². The first-order valence-electron chi connectivity index (χ1n) is 6.12. The Kier molecular flexibility index (Phi) is 5.06. The minimum atomic E-state index is -0.0969. The van der Waals surface area contributed by atoms with Crippen LogP contribution in [0.3, 0.4) is 0 Å². The highest BCUT2D eigenvalue weighted by atomic mass is 79.9. The topological polar surface area (TPSA) is 75.1 Å².